The van der Waals surface area contributed by atoms with E-state index in [2.05, 4.69) is 17.4 Å². The van der Waals surface area contributed by atoms with E-state index in [1.807, 2.05) is 6.07 Å². The lowest BCUT2D eigenvalue weighted by molar-refractivity contribution is 0.436. The average molecular weight is 230 g/mol. The Kier molecular flexibility index (Phi) is 3.06. The number of nitrogens with one attached hydrogen (secondary N) is 1. The maximum Gasteiger partial charge on any atom is 0.0326 e. The van der Waals surface area contributed by atoms with Crippen LogP contribution in [0.15, 0.2) is 18.2 Å². The number of aryl methyl sites for hydroxylation is 1. The van der Waals surface area contributed by atoms with E-state index in [9.17, 15) is 0 Å². The fourth-order valence-corrected chi connectivity index (χ4v) is 3.37. The molecule has 0 spiro atoms. The normalized spacial score (nSPS) is 24.1. The van der Waals surface area contributed by atoms with Crippen molar-refractivity contribution in [2.45, 2.75) is 44.6 Å². The third kappa shape index (κ3) is 2.32. The smallest absolute Gasteiger partial charge is 0.0326 e. The van der Waals surface area contributed by atoms with Gasteiger partial charge in [0.1, 0.15) is 0 Å². The third-order valence-corrected chi connectivity index (χ3v) is 4.37. The molecule has 1 aromatic carbocycles. The Hall–Kier alpha value is -1.02. The second kappa shape index (κ2) is 4.69. The molecule has 2 heteroatoms. The van der Waals surface area contributed by atoms with E-state index in [4.69, 9.17) is 5.73 Å². The lowest BCUT2D eigenvalue weighted by Crippen LogP contribution is -2.24. The van der Waals surface area contributed by atoms with Crippen LogP contribution >= 0.6 is 0 Å². The molecule has 92 valence electrons. The highest BCUT2D eigenvalue weighted by molar-refractivity contribution is 5.47. The van der Waals surface area contributed by atoms with Gasteiger partial charge in [-0.05, 0) is 61.4 Å². The second-order valence-corrected chi connectivity index (χ2v) is 5.61. The molecule has 3 N–H and O–H groups in total. The highest BCUT2D eigenvalue weighted by atomic mass is 14.9. The Labute approximate surface area is 104 Å². The quantitative estimate of drug-likeness (QED) is 0.783. The van der Waals surface area contributed by atoms with Gasteiger partial charge in [-0.2, -0.15) is 0 Å². The number of hydrogen-bond acceptors (Lipinski definition) is 2. The first-order chi connectivity index (χ1) is 8.33. The van der Waals surface area contributed by atoms with Crippen molar-refractivity contribution in [2.75, 3.05) is 12.3 Å². The molecule has 1 aromatic rings. The van der Waals surface area contributed by atoms with Crippen molar-refractivity contribution in [3.63, 3.8) is 0 Å². The van der Waals surface area contributed by atoms with E-state index in [-0.39, 0.29) is 0 Å². The molecule has 0 aliphatic heterocycles. The average Bonchev–Trinajstić information content (AvgIpc) is 2.94. The molecule has 0 heterocycles. The summed E-state index contributed by atoms with van der Waals surface area (Å²) in [7, 11) is 0. The third-order valence-electron chi connectivity index (χ3n) is 4.37. The zero-order chi connectivity index (χ0) is 11.7. The molecule has 0 radical (unpaired) electrons. The maximum atomic E-state index is 5.83. The van der Waals surface area contributed by atoms with Crippen molar-refractivity contribution in [3.05, 3.63) is 29.3 Å². The van der Waals surface area contributed by atoms with Gasteiger partial charge in [-0.1, -0.05) is 18.9 Å². The van der Waals surface area contributed by atoms with E-state index in [0.29, 0.717) is 6.04 Å². The van der Waals surface area contributed by atoms with Crippen molar-refractivity contribution in [1.82, 2.24) is 5.32 Å². The van der Waals surface area contributed by atoms with Crippen LogP contribution in [-0.2, 0) is 6.42 Å². The van der Waals surface area contributed by atoms with E-state index in [1.54, 1.807) is 0 Å². The van der Waals surface area contributed by atoms with Crippen molar-refractivity contribution in [2.24, 2.45) is 5.92 Å². The number of nitrogen functional groups attached to an aromatic ring is 1. The Morgan fingerprint density at radius 1 is 1.18 bits per heavy atom. The standard InChI is InChI=1S/C15H22N2/c16-13-6-7-14-12(9-13)5-8-15(14)17-10-11-3-1-2-4-11/h6-7,9,11,15,17H,1-5,8,10,16H2. The van der Waals surface area contributed by atoms with Crippen molar-refractivity contribution in [3.8, 4) is 0 Å². The SMILES string of the molecule is Nc1ccc2c(c1)CCC2NCC1CCCC1. The van der Waals surface area contributed by atoms with Gasteiger partial charge in [0.25, 0.3) is 0 Å². The number of benzene rings is 1. The van der Waals surface area contributed by atoms with Gasteiger partial charge in [0.15, 0.2) is 0 Å². The summed E-state index contributed by atoms with van der Waals surface area (Å²) in [5, 5.41) is 3.76. The summed E-state index contributed by atoms with van der Waals surface area (Å²) >= 11 is 0. The van der Waals surface area contributed by atoms with Gasteiger partial charge in [0, 0.05) is 11.7 Å². The van der Waals surface area contributed by atoms with Crippen LogP contribution in [-0.4, -0.2) is 6.54 Å². The molecular weight excluding hydrogens is 208 g/mol. The van der Waals surface area contributed by atoms with Crippen LogP contribution in [0.3, 0.4) is 0 Å². The molecule has 2 aliphatic rings. The maximum absolute atomic E-state index is 5.83. The topological polar surface area (TPSA) is 38.0 Å². The minimum absolute atomic E-state index is 0.575. The molecule has 1 atom stereocenters. The van der Waals surface area contributed by atoms with Crippen molar-refractivity contribution in [1.29, 1.82) is 0 Å². The minimum Gasteiger partial charge on any atom is -0.399 e. The van der Waals surface area contributed by atoms with Crippen molar-refractivity contribution < 1.29 is 0 Å². The predicted octanol–water partition coefficient (Wildman–Crippen LogP) is 3.04. The molecule has 0 saturated heterocycles. The summed E-state index contributed by atoms with van der Waals surface area (Å²) in [6, 6.07) is 6.97. The van der Waals surface area contributed by atoms with Crippen LogP contribution < -0.4 is 11.1 Å². The van der Waals surface area contributed by atoms with Gasteiger partial charge in [-0.3, -0.25) is 0 Å². The lowest BCUT2D eigenvalue weighted by Gasteiger charge is -2.17. The summed E-state index contributed by atoms with van der Waals surface area (Å²) < 4.78 is 0. The highest BCUT2D eigenvalue weighted by Gasteiger charge is 2.23. The number of nitrogens with two attached hydrogens (primary N) is 1. The van der Waals surface area contributed by atoms with E-state index in [0.717, 1.165) is 11.6 Å². The van der Waals surface area contributed by atoms with Crippen LogP contribution in [0.2, 0.25) is 0 Å². The summed E-state index contributed by atoms with van der Waals surface area (Å²) in [6.45, 7) is 1.20. The summed E-state index contributed by atoms with van der Waals surface area (Å²) in [4.78, 5) is 0. The number of fused-ring (bicyclic) bond motifs is 1. The first-order valence-electron chi connectivity index (χ1n) is 6.94. The monoisotopic (exact) mass is 230 g/mol. The summed E-state index contributed by atoms with van der Waals surface area (Å²) in [5.74, 6) is 0.924. The molecule has 0 amide bonds. The van der Waals surface area contributed by atoms with E-state index in [1.165, 1.54) is 56.2 Å². The van der Waals surface area contributed by atoms with Crippen LogP contribution in [0.1, 0.15) is 49.3 Å². The van der Waals surface area contributed by atoms with Crippen LogP contribution in [0.25, 0.3) is 0 Å². The molecule has 3 rings (SSSR count). The van der Waals surface area contributed by atoms with Gasteiger partial charge >= 0.3 is 0 Å². The fraction of sp³-hybridized carbons (Fsp3) is 0.600. The molecule has 0 bridgehead atoms. The summed E-state index contributed by atoms with van der Waals surface area (Å²) in [6.07, 6.45) is 8.14. The van der Waals surface area contributed by atoms with Gasteiger partial charge < -0.3 is 11.1 Å². The van der Waals surface area contributed by atoms with Crippen LogP contribution in [0.4, 0.5) is 5.69 Å². The Morgan fingerprint density at radius 2 is 2.00 bits per heavy atom. The Balaban J connectivity index is 1.63. The molecule has 0 aromatic heterocycles. The number of anilines is 1. The zero-order valence-electron chi connectivity index (χ0n) is 10.4. The molecule has 1 saturated carbocycles. The molecule has 2 nitrogen and oxygen atoms in total. The molecule has 1 fully saturated rings. The fourth-order valence-electron chi connectivity index (χ4n) is 3.37. The molecular formula is C15H22N2. The Bertz CT molecular complexity index is 394. The second-order valence-electron chi connectivity index (χ2n) is 5.61. The van der Waals surface area contributed by atoms with E-state index < -0.39 is 0 Å². The van der Waals surface area contributed by atoms with Crippen LogP contribution in [0.5, 0.6) is 0 Å². The lowest BCUT2D eigenvalue weighted by atomic mass is 10.1. The summed E-state index contributed by atoms with van der Waals surface area (Å²) in [5.41, 5.74) is 9.67. The van der Waals surface area contributed by atoms with Gasteiger partial charge in [-0.25, -0.2) is 0 Å². The van der Waals surface area contributed by atoms with Gasteiger partial charge in [0.2, 0.25) is 0 Å². The first-order valence-corrected chi connectivity index (χ1v) is 6.94. The van der Waals surface area contributed by atoms with E-state index >= 15 is 0 Å². The minimum atomic E-state index is 0.575. The van der Waals surface area contributed by atoms with Crippen LogP contribution in [0, 0.1) is 5.92 Å². The van der Waals surface area contributed by atoms with Crippen molar-refractivity contribution >= 4 is 5.69 Å². The largest absolute Gasteiger partial charge is 0.399 e. The number of hydrogen-bond donors (Lipinski definition) is 2. The number of rotatable bonds is 3. The first kappa shape index (κ1) is 11.1. The zero-order valence-corrected chi connectivity index (χ0v) is 10.4. The highest BCUT2D eigenvalue weighted by Crippen LogP contribution is 2.33. The Morgan fingerprint density at radius 3 is 2.82 bits per heavy atom. The molecule has 17 heavy (non-hydrogen) atoms. The molecule has 1 unspecified atom stereocenters. The molecule has 2 aliphatic carbocycles. The predicted molar refractivity (Wildman–Crippen MR) is 71.9 cm³/mol. The van der Waals surface area contributed by atoms with Gasteiger partial charge in [-0.15, -0.1) is 0 Å². The van der Waals surface area contributed by atoms with Gasteiger partial charge in [0.05, 0.1) is 0 Å².